The van der Waals surface area contributed by atoms with E-state index in [-0.39, 0.29) is 0 Å². The van der Waals surface area contributed by atoms with Crippen LogP contribution in [0.1, 0.15) is 25.1 Å². The van der Waals surface area contributed by atoms with E-state index in [4.69, 9.17) is 10.5 Å². The van der Waals surface area contributed by atoms with Crippen LogP contribution in [0.5, 0.6) is 0 Å². The predicted molar refractivity (Wildman–Crippen MR) is 63.2 cm³/mol. The summed E-state index contributed by atoms with van der Waals surface area (Å²) in [5.74, 6) is 1.86. The Bertz CT molecular complexity index is 336. The predicted octanol–water partition coefficient (Wildman–Crippen LogP) is 0.935. The van der Waals surface area contributed by atoms with Crippen LogP contribution < -0.4 is 5.73 Å². The molecule has 0 radical (unpaired) electrons. The van der Waals surface area contributed by atoms with Gasteiger partial charge in [-0.1, -0.05) is 11.8 Å². The number of ether oxygens (including phenoxy) is 1. The number of rotatable bonds is 5. The fourth-order valence-corrected chi connectivity index (χ4v) is 2.76. The monoisotopic (exact) mass is 242 g/mol. The van der Waals surface area contributed by atoms with E-state index in [9.17, 15) is 0 Å². The second kappa shape index (κ2) is 5.65. The maximum atomic E-state index is 5.57. The normalized spacial score (nSPS) is 20.5. The first-order chi connectivity index (χ1) is 7.81. The van der Waals surface area contributed by atoms with Gasteiger partial charge >= 0.3 is 0 Å². The zero-order valence-electron chi connectivity index (χ0n) is 9.56. The smallest absolute Gasteiger partial charge is 0.190 e. The number of nitrogens with two attached hydrogens (primary N) is 1. The number of aromatic nitrogens is 3. The van der Waals surface area contributed by atoms with Gasteiger partial charge in [-0.05, 0) is 19.3 Å². The van der Waals surface area contributed by atoms with Gasteiger partial charge in [-0.15, -0.1) is 10.2 Å². The van der Waals surface area contributed by atoms with Crippen LogP contribution in [0.2, 0.25) is 0 Å². The van der Waals surface area contributed by atoms with Gasteiger partial charge in [-0.25, -0.2) is 0 Å². The fraction of sp³-hybridized carbons (Fsp3) is 0.800. The van der Waals surface area contributed by atoms with Crippen molar-refractivity contribution < 1.29 is 4.74 Å². The zero-order chi connectivity index (χ0) is 11.4. The van der Waals surface area contributed by atoms with Crippen LogP contribution >= 0.6 is 11.8 Å². The molecular weight excluding hydrogens is 224 g/mol. The minimum Gasteiger partial charge on any atom is -0.378 e. The van der Waals surface area contributed by atoms with Gasteiger partial charge in [0.2, 0.25) is 0 Å². The number of hydrogen-bond donors (Lipinski definition) is 1. The van der Waals surface area contributed by atoms with Gasteiger partial charge in [0.05, 0.1) is 12.6 Å². The molecule has 1 aromatic rings. The summed E-state index contributed by atoms with van der Waals surface area (Å²) in [5.41, 5.74) is 5.54. The minimum atomic E-state index is 0.440. The highest BCUT2D eigenvalue weighted by Crippen LogP contribution is 2.21. The van der Waals surface area contributed by atoms with Crippen molar-refractivity contribution in [2.75, 3.05) is 12.4 Å². The zero-order valence-corrected chi connectivity index (χ0v) is 10.4. The quantitative estimate of drug-likeness (QED) is 0.778. The van der Waals surface area contributed by atoms with Crippen molar-refractivity contribution in [3.05, 3.63) is 5.82 Å². The van der Waals surface area contributed by atoms with Crippen molar-refractivity contribution in [1.29, 1.82) is 0 Å². The molecule has 2 heterocycles. The third-order valence-electron chi connectivity index (χ3n) is 2.80. The second-order valence-corrected chi connectivity index (χ2v) is 5.00. The van der Waals surface area contributed by atoms with Crippen LogP contribution in [0.4, 0.5) is 0 Å². The molecule has 1 aliphatic heterocycles. The maximum Gasteiger partial charge on any atom is 0.190 e. The Hall–Kier alpha value is -0.590. The molecule has 0 aliphatic carbocycles. The Morgan fingerprint density at radius 2 is 2.44 bits per heavy atom. The van der Waals surface area contributed by atoms with Crippen LogP contribution in [-0.2, 0) is 18.3 Å². The molecule has 1 atom stereocenters. The van der Waals surface area contributed by atoms with E-state index >= 15 is 0 Å². The average Bonchev–Trinajstić information content (AvgIpc) is 2.90. The van der Waals surface area contributed by atoms with Gasteiger partial charge in [0.15, 0.2) is 5.16 Å². The van der Waals surface area contributed by atoms with Crippen LogP contribution in [0.15, 0.2) is 5.16 Å². The van der Waals surface area contributed by atoms with E-state index in [0.717, 1.165) is 29.8 Å². The Balaban J connectivity index is 1.78. The molecule has 1 saturated heterocycles. The van der Waals surface area contributed by atoms with E-state index in [1.807, 2.05) is 11.6 Å². The first-order valence-electron chi connectivity index (χ1n) is 5.64. The molecule has 0 amide bonds. The fourth-order valence-electron chi connectivity index (χ4n) is 1.80. The molecule has 1 aliphatic rings. The van der Waals surface area contributed by atoms with Crippen molar-refractivity contribution in [1.82, 2.24) is 14.8 Å². The van der Waals surface area contributed by atoms with Gasteiger partial charge in [-0.2, -0.15) is 0 Å². The van der Waals surface area contributed by atoms with Gasteiger partial charge in [0, 0.05) is 19.4 Å². The Morgan fingerprint density at radius 3 is 3.06 bits per heavy atom. The summed E-state index contributed by atoms with van der Waals surface area (Å²) in [6.07, 6.45) is 3.95. The summed E-state index contributed by atoms with van der Waals surface area (Å²) in [5, 5.41) is 9.07. The number of nitrogens with zero attached hydrogens (tertiary/aromatic N) is 3. The molecule has 2 rings (SSSR count). The lowest BCUT2D eigenvalue weighted by Gasteiger charge is -2.08. The Labute approximate surface area is 99.7 Å². The molecule has 0 bridgehead atoms. The highest BCUT2D eigenvalue weighted by molar-refractivity contribution is 7.99. The molecule has 16 heavy (non-hydrogen) atoms. The Morgan fingerprint density at radius 1 is 1.56 bits per heavy atom. The van der Waals surface area contributed by atoms with E-state index in [0.29, 0.717) is 12.6 Å². The van der Waals surface area contributed by atoms with Crippen molar-refractivity contribution in [3.63, 3.8) is 0 Å². The number of hydrogen-bond acceptors (Lipinski definition) is 5. The van der Waals surface area contributed by atoms with Crippen LogP contribution in [0.25, 0.3) is 0 Å². The molecule has 1 fully saturated rings. The molecule has 90 valence electrons. The van der Waals surface area contributed by atoms with Gasteiger partial charge in [-0.3, -0.25) is 0 Å². The lowest BCUT2D eigenvalue weighted by atomic mass is 10.2. The molecule has 1 unspecified atom stereocenters. The topological polar surface area (TPSA) is 66.0 Å². The van der Waals surface area contributed by atoms with Crippen molar-refractivity contribution in [3.8, 4) is 0 Å². The summed E-state index contributed by atoms with van der Waals surface area (Å²) in [4.78, 5) is 0. The van der Waals surface area contributed by atoms with E-state index in [2.05, 4.69) is 10.2 Å². The largest absolute Gasteiger partial charge is 0.378 e. The van der Waals surface area contributed by atoms with Crippen molar-refractivity contribution in [2.24, 2.45) is 12.8 Å². The molecule has 1 aromatic heterocycles. The highest BCUT2D eigenvalue weighted by atomic mass is 32.2. The van der Waals surface area contributed by atoms with Gasteiger partial charge in [0.1, 0.15) is 5.82 Å². The van der Waals surface area contributed by atoms with Gasteiger partial charge < -0.3 is 15.0 Å². The third-order valence-corrected chi connectivity index (χ3v) is 3.86. The average molecular weight is 242 g/mol. The SMILES string of the molecule is Cn1c(CN)nnc1SCCC1CCCO1. The minimum absolute atomic E-state index is 0.440. The first-order valence-corrected chi connectivity index (χ1v) is 6.62. The molecular formula is C10H18N4OS. The van der Waals surface area contributed by atoms with Crippen LogP contribution in [-0.4, -0.2) is 33.2 Å². The van der Waals surface area contributed by atoms with E-state index < -0.39 is 0 Å². The lowest BCUT2D eigenvalue weighted by molar-refractivity contribution is 0.109. The summed E-state index contributed by atoms with van der Waals surface area (Å²) in [6, 6.07) is 0. The molecule has 0 saturated carbocycles. The Kier molecular flexibility index (Phi) is 4.20. The maximum absolute atomic E-state index is 5.57. The van der Waals surface area contributed by atoms with Crippen LogP contribution in [0.3, 0.4) is 0 Å². The van der Waals surface area contributed by atoms with Crippen molar-refractivity contribution in [2.45, 2.75) is 37.1 Å². The third kappa shape index (κ3) is 2.75. The summed E-state index contributed by atoms with van der Waals surface area (Å²) in [6.45, 7) is 1.37. The molecule has 0 spiro atoms. The first kappa shape index (κ1) is 11.9. The number of thioether (sulfide) groups is 1. The molecule has 2 N–H and O–H groups in total. The molecule has 5 nitrogen and oxygen atoms in total. The molecule has 6 heteroatoms. The van der Waals surface area contributed by atoms with Crippen molar-refractivity contribution >= 4 is 11.8 Å². The summed E-state index contributed by atoms with van der Waals surface area (Å²) >= 11 is 1.72. The standard InChI is InChI=1S/C10H18N4OS/c1-14-9(7-11)12-13-10(14)16-6-4-8-3-2-5-15-8/h8H,2-7,11H2,1H3. The second-order valence-electron chi connectivity index (χ2n) is 3.93. The van der Waals surface area contributed by atoms with E-state index in [1.54, 1.807) is 11.8 Å². The summed E-state index contributed by atoms with van der Waals surface area (Å²) < 4.78 is 7.53. The van der Waals surface area contributed by atoms with E-state index in [1.165, 1.54) is 12.8 Å². The van der Waals surface area contributed by atoms with Gasteiger partial charge in [0.25, 0.3) is 0 Å². The highest BCUT2D eigenvalue weighted by Gasteiger charge is 2.15. The summed E-state index contributed by atoms with van der Waals surface area (Å²) in [7, 11) is 1.95. The lowest BCUT2D eigenvalue weighted by Crippen LogP contribution is -2.07. The van der Waals surface area contributed by atoms with Crippen LogP contribution in [0, 0.1) is 0 Å². The molecule has 0 aromatic carbocycles.